The minimum Gasteiger partial charge on any atom is -0.456 e. The second-order valence-corrected chi connectivity index (χ2v) is 13.0. The van der Waals surface area contributed by atoms with Crippen LogP contribution in [0.25, 0.3) is 76.5 Å². The van der Waals surface area contributed by atoms with Gasteiger partial charge >= 0.3 is 0 Å². The molecular weight excluding hydrogens is 607 g/mol. The molecule has 10 aromatic rings. The van der Waals surface area contributed by atoms with Gasteiger partial charge in [-0.15, -0.1) is 0 Å². The maximum absolute atomic E-state index is 6.31. The van der Waals surface area contributed by atoms with Crippen molar-refractivity contribution in [2.75, 3.05) is 4.90 Å². The Hall–Kier alpha value is -6.64. The van der Waals surface area contributed by atoms with E-state index in [0.717, 1.165) is 39.4 Å². The van der Waals surface area contributed by atoms with Gasteiger partial charge in [0.05, 0.1) is 0 Å². The van der Waals surface area contributed by atoms with Gasteiger partial charge in [-0.25, -0.2) is 0 Å². The molecule has 0 amide bonds. The number of furan rings is 1. The van der Waals surface area contributed by atoms with Crippen molar-refractivity contribution in [2.24, 2.45) is 0 Å². The highest BCUT2D eigenvalue weighted by molar-refractivity contribution is 6.14. The van der Waals surface area contributed by atoms with Gasteiger partial charge in [0, 0.05) is 28.0 Å². The molecule has 0 radical (unpaired) electrons. The zero-order valence-corrected chi connectivity index (χ0v) is 27.3. The van der Waals surface area contributed by atoms with Crippen LogP contribution in [0.3, 0.4) is 0 Å². The molecule has 234 valence electrons. The number of anilines is 3. The third kappa shape index (κ3) is 4.73. The Bertz CT molecular complexity index is 2850. The molecular formula is C48H31NO. The van der Waals surface area contributed by atoms with E-state index in [1.54, 1.807) is 0 Å². The fraction of sp³-hybridized carbons (Fsp3) is 0. The number of rotatable bonds is 5. The molecule has 0 saturated carbocycles. The van der Waals surface area contributed by atoms with Crippen LogP contribution in [0, 0.1) is 0 Å². The van der Waals surface area contributed by atoms with Crippen LogP contribution in [0.5, 0.6) is 0 Å². The maximum atomic E-state index is 6.31. The fourth-order valence-corrected chi connectivity index (χ4v) is 7.59. The van der Waals surface area contributed by atoms with E-state index in [4.69, 9.17) is 4.42 Å². The van der Waals surface area contributed by atoms with Gasteiger partial charge in [0.1, 0.15) is 11.3 Å². The standard InChI is InChI=1S/C48H31NO/c1-4-15-41-32(10-1)20-21-35-28-40(26-27-43(35)41)49(39-14-9-13-36(29-39)48-31-37-12-3-8-19-47(37)50-48)38-24-22-33(23-25-38)46-30-34-11-2-5-16-42(34)44-17-6-7-18-45(44)46/h1-31H. The Morgan fingerprint density at radius 2 is 0.920 bits per heavy atom. The molecule has 0 aliphatic carbocycles. The number of fused-ring (bicyclic) bond motifs is 7. The Labute approximate surface area is 290 Å². The van der Waals surface area contributed by atoms with Crippen molar-refractivity contribution in [3.63, 3.8) is 0 Å². The largest absolute Gasteiger partial charge is 0.456 e. The van der Waals surface area contributed by atoms with E-state index >= 15 is 0 Å². The molecule has 1 aromatic heterocycles. The van der Waals surface area contributed by atoms with Crippen molar-refractivity contribution in [3.05, 3.63) is 188 Å². The highest BCUT2D eigenvalue weighted by atomic mass is 16.3. The van der Waals surface area contributed by atoms with E-state index in [-0.39, 0.29) is 0 Å². The lowest BCUT2D eigenvalue weighted by Crippen LogP contribution is -2.10. The van der Waals surface area contributed by atoms with Crippen molar-refractivity contribution in [2.45, 2.75) is 0 Å². The van der Waals surface area contributed by atoms with E-state index in [0.29, 0.717) is 0 Å². The maximum Gasteiger partial charge on any atom is 0.135 e. The molecule has 0 aliphatic rings. The van der Waals surface area contributed by atoms with Gasteiger partial charge in [0.15, 0.2) is 0 Å². The summed E-state index contributed by atoms with van der Waals surface area (Å²) in [7, 11) is 0. The zero-order valence-electron chi connectivity index (χ0n) is 27.3. The summed E-state index contributed by atoms with van der Waals surface area (Å²) in [6, 6.07) is 67.6. The number of hydrogen-bond acceptors (Lipinski definition) is 2. The second-order valence-electron chi connectivity index (χ2n) is 13.0. The van der Waals surface area contributed by atoms with E-state index in [2.05, 4.69) is 175 Å². The average molecular weight is 638 g/mol. The van der Waals surface area contributed by atoms with E-state index in [9.17, 15) is 0 Å². The van der Waals surface area contributed by atoms with Gasteiger partial charge in [-0.05, 0) is 109 Å². The lowest BCUT2D eigenvalue weighted by atomic mass is 9.93. The third-order valence-corrected chi connectivity index (χ3v) is 10.0. The van der Waals surface area contributed by atoms with Gasteiger partial charge < -0.3 is 9.32 Å². The Morgan fingerprint density at radius 3 is 1.74 bits per heavy atom. The number of para-hydroxylation sites is 1. The molecule has 0 spiro atoms. The second kappa shape index (κ2) is 11.5. The van der Waals surface area contributed by atoms with Crippen LogP contribution >= 0.6 is 0 Å². The van der Waals surface area contributed by atoms with Gasteiger partial charge in [0.2, 0.25) is 0 Å². The summed E-state index contributed by atoms with van der Waals surface area (Å²) < 4.78 is 6.31. The van der Waals surface area contributed by atoms with Crippen LogP contribution in [0.1, 0.15) is 0 Å². The molecule has 0 N–H and O–H groups in total. The van der Waals surface area contributed by atoms with Crippen molar-refractivity contribution in [1.29, 1.82) is 0 Å². The van der Waals surface area contributed by atoms with Crippen LogP contribution in [0.15, 0.2) is 192 Å². The Kier molecular flexibility index (Phi) is 6.53. The van der Waals surface area contributed by atoms with Crippen LogP contribution in [-0.2, 0) is 0 Å². The quantitative estimate of drug-likeness (QED) is 0.175. The molecule has 0 bridgehead atoms. The van der Waals surface area contributed by atoms with Gasteiger partial charge in [-0.2, -0.15) is 0 Å². The monoisotopic (exact) mass is 637 g/mol. The molecule has 0 aliphatic heterocycles. The van der Waals surface area contributed by atoms with Crippen LogP contribution in [-0.4, -0.2) is 0 Å². The van der Waals surface area contributed by atoms with Crippen molar-refractivity contribution >= 4 is 71.1 Å². The van der Waals surface area contributed by atoms with E-state index in [1.807, 2.05) is 18.2 Å². The van der Waals surface area contributed by atoms with Gasteiger partial charge in [-0.3, -0.25) is 0 Å². The normalized spacial score (nSPS) is 11.6. The minimum absolute atomic E-state index is 0.858. The summed E-state index contributed by atoms with van der Waals surface area (Å²) in [5.74, 6) is 0.858. The first-order valence-corrected chi connectivity index (χ1v) is 17.1. The summed E-state index contributed by atoms with van der Waals surface area (Å²) in [5, 5.41) is 11.1. The number of benzene rings is 9. The summed E-state index contributed by atoms with van der Waals surface area (Å²) in [4.78, 5) is 2.35. The molecule has 2 heteroatoms. The third-order valence-electron chi connectivity index (χ3n) is 10.0. The smallest absolute Gasteiger partial charge is 0.135 e. The van der Waals surface area contributed by atoms with Crippen molar-refractivity contribution in [3.8, 4) is 22.5 Å². The molecule has 2 nitrogen and oxygen atoms in total. The molecule has 1 heterocycles. The van der Waals surface area contributed by atoms with E-state index < -0.39 is 0 Å². The first kappa shape index (κ1) is 28.4. The zero-order chi connectivity index (χ0) is 33.0. The van der Waals surface area contributed by atoms with Crippen LogP contribution in [0.4, 0.5) is 17.1 Å². The SMILES string of the molecule is c1cc(-c2cc3ccccc3o2)cc(N(c2ccc(-c3cc4ccccc4c4ccccc34)cc2)c2ccc3c(ccc4ccccc43)c2)c1. The first-order chi connectivity index (χ1) is 24.8. The van der Waals surface area contributed by atoms with Gasteiger partial charge in [-0.1, -0.05) is 133 Å². The molecule has 9 aromatic carbocycles. The Balaban J connectivity index is 1.13. The molecule has 0 fully saturated rings. The molecule has 0 saturated heterocycles. The summed E-state index contributed by atoms with van der Waals surface area (Å²) in [5.41, 5.74) is 7.60. The van der Waals surface area contributed by atoms with E-state index in [1.165, 1.54) is 54.2 Å². The van der Waals surface area contributed by atoms with Crippen LogP contribution in [0.2, 0.25) is 0 Å². The average Bonchev–Trinajstić information content (AvgIpc) is 3.63. The highest BCUT2D eigenvalue weighted by Crippen LogP contribution is 2.41. The molecule has 10 rings (SSSR count). The van der Waals surface area contributed by atoms with Crippen molar-refractivity contribution in [1.82, 2.24) is 0 Å². The number of hydrogen-bond donors (Lipinski definition) is 0. The van der Waals surface area contributed by atoms with Crippen molar-refractivity contribution < 1.29 is 4.42 Å². The lowest BCUT2D eigenvalue weighted by Gasteiger charge is -2.26. The highest BCUT2D eigenvalue weighted by Gasteiger charge is 2.17. The topological polar surface area (TPSA) is 16.4 Å². The summed E-state index contributed by atoms with van der Waals surface area (Å²) >= 11 is 0. The van der Waals surface area contributed by atoms with Crippen LogP contribution < -0.4 is 4.90 Å². The molecule has 0 unspecified atom stereocenters. The predicted octanol–water partition coefficient (Wildman–Crippen LogP) is 13.8. The minimum atomic E-state index is 0.858. The lowest BCUT2D eigenvalue weighted by molar-refractivity contribution is 0.631. The predicted molar refractivity (Wildman–Crippen MR) is 212 cm³/mol. The van der Waals surface area contributed by atoms with Gasteiger partial charge in [0.25, 0.3) is 0 Å². The number of nitrogens with zero attached hydrogens (tertiary/aromatic N) is 1. The summed E-state index contributed by atoms with van der Waals surface area (Å²) in [6.45, 7) is 0. The molecule has 50 heavy (non-hydrogen) atoms. The molecule has 0 atom stereocenters. The first-order valence-electron chi connectivity index (χ1n) is 17.1. The Morgan fingerprint density at radius 1 is 0.320 bits per heavy atom. The fourth-order valence-electron chi connectivity index (χ4n) is 7.59. The summed E-state index contributed by atoms with van der Waals surface area (Å²) in [6.07, 6.45) is 0.